The molecule has 0 amide bonds. The molecule has 0 saturated carbocycles. The van der Waals surface area contributed by atoms with Gasteiger partial charge in [0.2, 0.25) is 0 Å². The molecule has 1 atom stereocenters. The molecule has 3 aromatic heterocycles. The van der Waals surface area contributed by atoms with Gasteiger partial charge >= 0.3 is 5.69 Å². The summed E-state index contributed by atoms with van der Waals surface area (Å²) in [5, 5.41) is 20.1. The standard InChI is InChI=1S/C28H26N8O3/c1-38-24-16-20(11-12-23(24)39-17-21-5-2-3-13-31-21)22(15-18-7-9-19(10-8-18)26(29)30)27-33-28(37)36(35-27)25-6-4-14-32-34-25/h2-14,16,22H,15,17H2,1H3,(H3,29,30)(H,33,35,37). The highest BCUT2D eigenvalue weighted by Gasteiger charge is 2.23. The number of hydrogen-bond donors (Lipinski definition) is 3. The van der Waals surface area contributed by atoms with Crippen LogP contribution in [0.15, 0.2) is 90.0 Å². The highest BCUT2D eigenvalue weighted by atomic mass is 16.5. The van der Waals surface area contributed by atoms with Gasteiger partial charge in [0.1, 0.15) is 18.3 Å². The second-order valence-electron chi connectivity index (χ2n) is 8.70. The fourth-order valence-electron chi connectivity index (χ4n) is 4.14. The molecule has 0 radical (unpaired) electrons. The van der Waals surface area contributed by atoms with Gasteiger partial charge in [-0.15, -0.1) is 10.2 Å². The van der Waals surface area contributed by atoms with Gasteiger partial charge in [-0.3, -0.25) is 15.4 Å². The second kappa shape index (κ2) is 11.4. The van der Waals surface area contributed by atoms with Crippen LogP contribution in [-0.2, 0) is 13.0 Å². The third-order valence-corrected chi connectivity index (χ3v) is 6.14. The lowest BCUT2D eigenvalue weighted by Crippen LogP contribution is -2.17. The van der Waals surface area contributed by atoms with Crippen LogP contribution in [-0.4, -0.2) is 42.9 Å². The van der Waals surface area contributed by atoms with Crippen molar-refractivity contribution in [3.05, 3.63) is 124 Å². The number of nitrogens with zero attached hydrogens (tertiary/aromatic N) is 5. The summed E-state index contributed by atoms with van der Waals surface area (Å²) in [4.78, 5) is 20.0. The Kier molecular flexibility index (Phi) is 7.39. The molecule has 5 aromatic rings. The van der Waals surface area contributed by atoms with Gasteiger partial charge in [0.15, 0.2) is 17.3 Å². The van der Waals surface area contributed by atoms with Crippen molar-refractivity contribution in [1.29, 1.82) is 5.41 Å². The molecule has 5 rings (SSSR count). The average Bonchev–Trinajstić information content (AvgIpc) is 3.37. The zero-order chi connectivity index (χ0) is 27.2. The molecule has 0 aliphatic carbocycles. The highest BCUT2D eigenvalue weighted by molar-refractivity contribution is 5.94. The smallest absolute Gasteiger partial charge is 0.349 e. The molecule has 3 heterocycles. The summed E-state index contributed by atoms with van der Waals surface area (Å²) in [6.07, 6.45) is 3.75. The first kappa shape index (κ1) is 25.3. The van der Waals surface area contributed by atoms with Crippen molar-refractivity contribution in [1.82, 2.24) is 29.9 Å². The van der Waals surface area contributed by atoms with Crippen molar-refractivity contribution in [2.45, 2.75) is 18.9 Å². The third-order valence-electron chi connectivity index (χ3n) is 6.14. The van der Waals surface area contributed by atoms with E-state index in [4.69, 9.17) is 20.6 Å². The molecule has 0 aliphatic heterocycles. The molecule has 0 bridgehead atoms. The second-order valence-corrected chi connectivity index (χ2v) is 8.70. The summed E-state index contributed by atoms with van der Waals surface area (Å²) < 4.78 is 12.8. The number of nitrogens with two attached hydrogens (primary N) is 1. The number of aromatic amines is 1. The van der Waals surface area contributed by atoms with Crippen LogP contribution >= 0.6 is 0 Å². The molecule has 2 aromatic carbocycles. The predicted octanol–water partition coefficient (Wildman–Crippen LogP) is 2.99. The van der Waals surface area contributed by atoms with Crippen molar-refractivity contribution in [2.75, 3.05) is 7.11 Å². The van der Waals surface area contributed by atoms with E-state index in [1.165, 1.54) is 10.9 Å². The van der Waals surface area contributed by atoms with Gasteiger partial charge < -0.3 is 15.2 Å². The largest absolute Gasteiger partial charge is 0.493 e. The van der Waals surface area contributed by atoms with Crippen LogP contribution in [0, 0.1) is 5.41 Å². The van der Waals surface area contributed by atoms with Gasteiger partial charge in [-0.1, -0.05) is 36.4 Å². The number of pyridine rings is 1. The lowest BCUT2D eigenvalue weighted by molar-refractivity contribution is 0.280. The lowest BCUT2D eigenvalue weighted by Gasteiger charge is -2.18. The van der Waals surface area contributed by atoms with Gasteiger partial charge in [0, 0.05) is 23.9 Å². The van der Waals surface area contributed by atoms with Crippen molar-refractivity contribution in [3.8, 4) is 17.3 Å². The van der Waals surface area contributed by atoms with Crippen molar-refractivity contribution in [3.63, 3.8) is 0 Å². The minimum absolute atomic E-state index is 0.00354. The molecule has 1 unspecified atom stereocenters. The number of rotatable bonds is 10. The van der Waals surface area contributed by atoms with Crippen molar-refractivity contribution >= 4 is 5.84 Å². The summed E-state index contributed by atoms with van der Waals surface area (Å²) in [6.45, 7) is 0.290. The fourth-order valence-corrected chi connectivity index (χ4v) is 4.14. The van der Waals surface area contributed by atoms with Gasteiger partial charge in [-0.2, -0.15) is 9.78 Å². The SMILES string of the molecule is COc1cc(C(Cc2ccc(C(=N)N)cc2)c2nn(-c3cccnn3)c(=O)[nH]2)ccc1OCc1ccccn1. The quantitative estimate of drug-likeness (QED) is 0.187. The molecule has 4 N–H and O–H groups in total. The van der Waals surface area contributed by atoms with Crippen LogP contribution in [0.2, 0.25) is 0 Å². The Morgan fingerprint density at radius 1 is 1.05 bits per heavy atom. The van der Waals surface area contributed by atoms with E-state index < -0.39 is 5.69 Å². The highest BCUT2D eigenvalue weighted by Crippen LogP contribution is 2.34. The Morgan fingerprint density at radius 3 is 2.59 bits per heavy atom. The first-order valence-electron chi connectivity index (χ1n) is 12.1. The first-order valence-corrected chi connectivity index (χ1v) is 12.1. The molecule has 11 nitrogen and oxygen atoms in total. The topological polar surface area (TPSA) is 158 Å². The fraction of sp³-hybridized carbons (Fsp3) is 0.143. The zero-order valence-corrected chi connectivity index (χ0v) is 21.1. The maximum absolute atomic E-state index is 12.8. The predicted molar refractivity (Wildman–Crippen MR) is 144 cm³/mol. The lowest BCUT2D eigenvalue weighted by atomic mass is 9.90. The van der Waals surface area contributed by atoms with Crippen LogP contribution in [0.5, 0.6) is 11.5 Å². The van der Waals surface area contributed by atoms with Gasteiger partial charge in [0.25, 0.3) is 0 Å². The van der Waals surface area contributed by atoms with E-state index in [1.54, 1.807) is 37.6 Å². The van der Waals surface area contributed by atoms with Gasteiger partial charge in [0.05, 0.1) is 12.8 Å². The van der Waals surface area contributed by atoms with E-state index in [0.29, 0.717) is 35.1 Å². The molecular formula is C28H26N8O3. The Morgan fingerprint density at radius 2 is 1.90 bits per heavy atom. The summed E-state index contributed by atoms with van der Waals surface area (Å²) in [5.41, 5.74) is 8.44. The molecule has 196 valence electrons. The number of hydrogen-bond acceptors (Lipinski definition) is 8. The Labute approximate surface area is 223 Å². The van der Waals surface area contributed by atoms with E-state index >= 15 is 0 Å². The Bertz CT molecular complexity index is 1620. The van der Waals surface area contributed by atoms with E-state index in [0.717, 1.165) is 16.8 Å². The van der Waals surface area contributed by atoms with E-state index in [-0.39, 0.29) is 18.4 Å². The molecule has 39 heavy (non-hydrogen) atoms. The molecule has 11 heteroatoms. The first-order chi connectivity index (χ1) is 19.0. The van der Waals surface area contributed by atoms with E-state index in [2.05, 4.69) is 25.3 Å². The molecular weight excluding hydrogens is 496 g/mol. The normalized spacial score (nSPS) is 11.6. The number of methoxy groups -OCH3 is 1. The maximum Gasteiger partial charge on any atom is 0.349 e. The number of H-pyrrole nitrogens is 1. The number of aromatic nitrogens is 6. The minimum atomic E-state index is -0.426. The van der Waals surface area contributed by atoms with E-state index in [1.807, 2.05) is 48.5 Å². The summed E-state index contributed by atoms with van der Waals surface area (Å²) in [5.74, 6) is 1.51. The maximum atomic E-state index is 12.8. The number of nitrogen functional groups attached to an aromatic ring is 1. The van der Waals surface area contributed by atoms with Crippen molar-refractivity contribution in [2.24, 2.45) is 5.73 Å². The average molecular weight is 523 g/mol. The molecule has 0 fully saturated rings. The van der Waals surface area contributed by atoms with Crippen molar-refractivity contribution < 1.29 is 9.47 Å². The van der Waals surface area contributed by atoms with Crippen LogP contribution in [0.3, 0.4) is 0 Å². The van der Waals surface area contributed by atoms with E-state index in [9.17, 15) is 4.79 Å². The van der Waals surface area contributed by atoms with Crippen LogP contribution in [0.25, 0.3) is 5.82 Å². The summed E-state index contributed by atoms with van der Waals surface area (Å²) in [6, 6.07) is 22.0. The molecule has 0 aliphatic rings. The number of benzene rings is 2. The Balaban J connectivity index is 1.50. The third kappa shape index (κ3) is 5.82. The Hall–Kier alpha value is -5.32. The van der Waals surface area contributed by atoms with Crippen LogP contribution in [0.4, 0.5) is 0 Å². The zero-order valence-electron chi connectivity index (χ0n) is 21.1. The molecule has 0 spiro atoms. The van der Waals surface area contributed by atoms with Gasteiger partial charge in [-0.05, 0) is 53.9 Å². The number of amidine groups is 1. The molecule has 0 saturated heterocycles. The number of ether oxygens (including phenoxy) is 2. The number of nitrogens with one attached hydrogen (secondary N) is 2. The monoisotopic (exact) mass is 522 g/mol. The minimum Gasteiger partial charge on any atom is -0.493 e. The summed E-state index contributed by atoms with van der Waals surface area (Å²) >= 11 is 0. The van der Waals surface area contributed by atoms with Gasteiger partial charge in [-0.25, -0.2) is 4.79 Å². The van der Waals surface area contributed by atoms with Crippen LogP contribution in [0.1, 0.15) is 34.1 Å². The van der Waals surface area contributed by atoms with Crippen LogP contribution < -0.4 is 20.9 Å². The summed E-state index contributed by atoms with van der Waals surface area (Å²) in [7, 11) is 1.58.